The molecule has 1 saturated carbocycles. The first-order valence-corrected chi connectivity index (χ1v) is 11.8. The summed E-state index contributed by atoms with van der Waals surface area (Å²) in [6.07, 6.45) is -3.20. The minimum atomic E-state index is -4.64. The standard InChI is InChI=1S/C26H23F3N4O4/c1-2-32-23-19(21(25(36)37)31-33(23)17-9-4-3-5-10-17)18(14-11-12-14)20(24(32)35)30-22(34)15-7-6-8-16(13-15)26(27,28)29/h3-10,13-14,18,20H,2,11-12H2,1H3,(H,30,34)(H,36,37)/t18-,20-/m1/s1. The van der Waals surface area contributed by atoms with Crippen molar-refractivity contribution in [2.45, 2.75) is 37.9 Å². The Bertz CT molecular complexity index is 1380. The molecule has 0 bridgehead atoms. The van der Waals surface area contributed by atoms with Gasteiger partial charge in [0.1, 0.15) is 11.9 Å². The van der Waals surface area contributed by atoms with Gasteiger partial charge in [0.2, 0.25) is 0 Å². The third-order valence-corrected chi connectivity index (χ3v) is 6.76. The van der Waals surface area contributed by atoms with Crippen LogP contribution in [0.5, 0.6) is 0 Å². The first-order chi connectivity index (χ1) is 17.6. The number of carboxylic acids is 1. The number of nitrogens with zero attached hydrogens (tertiary/aromatic N) is 3. The van der Waals surface area contributed by atoms with E-state index in [2.05, 4.69) is 10.4 Å². The van der Waals surface area contributed by atoms with E-state index in [-0.39, 0.29) is 23.7 Å². The number of para-hydroxylation sites is 1. The Morgan fingerprint density at radius 1 is 1.11 bits per heavy atom. The second kappa shape index (κ2) is 9.06. The molecule has 8 nitrogen and oxygen atoms in total. The number of aromatic carboxylic acids is 1. The fraction of sp³-hybridized carbons (Fsp3) is 0.308. The smallest absolute Gasteiger partial charge is 0.416 e. The van der Waals surface area contributed by atoms with E-state index in [0.717, 1.165) is 31.0 Å². The molecule has 11 heteroatoms. The molecule has 1 aliphatic carbocycles. The Morgan fingerprint density at radius 2 is 1.81 bits per heavy atom. The van der Waals surface area contributed by atoms with E-state index in [1.54, 1.807) is 37.3 Å². The van der Waals surface area contributed by atoms with Gasteiger partial charge in [0.05, 0.1) is 11.3 Å². The van der Waals surface area contributed by atoms with Crippen LogP contribution >= 0.6 is 0 Å². The SMILES string of the molecule is CCN1C(=O)[C@H](NC(=O)c2cccc(C(F)(F)F)c2)[C@H](C2CC2)c2c(C(=O)O)nn(-c3ccccc3)c21. The number of carbonyl (C=O) groups is 3. The molecule has 1 fully saturated rings. The van der Waals surface area contributed by atoms with Gasteiger partial charge in [-0.15, -0.1) is 0 Å². The minimum Gasteiger partial charge on any atom is -0.476 e. The van der Waals surface area contributed by atoms with Gasteiger partial charge in [-0.1, -0.05) is 24.3 Å². The van der Waals surface area contributed by atoms with E-state index < -0.39 is 41.5 Å². The zero-order valence-electron chi connectivity index (χ0n) is 19.7. The number of alkyl halides is 3. The summed E-state index contributed by atoms with van der Waals surface area (Å²) < 4.78 is 41.0. The molecule has 3 aromatic rings. The van der Waals surface area contributed by atoms with Crippen LogP contribution in [0, 0.1) is 5.92 Å². The normalized spacial score (nSPS) is 19.5. The van der Waals surface area contributed by atoms with E-state index in [1.807, 2.05) is 0 Å². The quantitative estimate of drug-likeness (QED) is 0.514. The number of benzene rings is 2. The van der Waals surface area contributed by atoms with E-state index in [9.17, 15) is 32.7 Å². The highest BCUT2D eigenvalue weighted by atomic mass is 19.4. The zero-order chi connectivity index (χ0) is 26.5. The van der Waals surface area contributed by atoms with Crippen molar-refractivity contribution in [1.82, 2.24) is 15.1 Å². The van der Waals surface area contributed by atoms with Gasteiger partial charge in [-0.25, -0.2) is 9.48 Å². The summed E-state index contributed by atoms with van der Waals surface area (Å²) in [6, 6.07) is 11.6. The lowest BCUT2D eigenvalue weighted by molar-refractivity contribution is -0.137. The summed E-state index contributed by atoms with van der Waals surface area (Å²) in [7, 11) is 0. The van der Waals surface area contributed by atoms with Crippen LogP contribution in [0.15, 0.2) is 54.6 Å². The maximum atomic E-state index is 13.8. The number of aromatic nitrogens is 2. The molecular weight excluding hydrogens is 489 g/mol. The second-order valence-corrected chi connectivity index (χ2v) is 9.11. The summed E-state index contributed by atoms with van der Waals surface area (Å²) in [4.78, 5) is 40.5. The van der Waals surface area contributed by atoms with Gasteiger partial charge < -0.3 is 10.4 Å². The van der Waals surface area contributed by atoms with E-state index in [0.29, 0.717) is 17.1 Å². The fourth-order valence-corrected chi connectivity index (χ4v) is 4.97. The lowest BCUT2D eigenvalue weighted by Crippen LogP contribution is -2.56. The van der Waals surface area contributed by atoms with Crippen LogP contribution in [0.2, 0.25) is 0 Å². The fourth-order valence-electron chi connectivity index (χ4n) is 4.97. The molecule has 192 valence electrons. The topological polar surface area (TPSA) is 105 Å². The average Bonchev–Trinajstić information content (AvgIpc) is 3.64. The lowest BCUT2D eigenvalue weighted by atomic mass is 9.82. The second-order valence-electron chi connectivity index (χ2n) is 9.11. The summed E-state index contributed by atoms with van der Waals surface area (Å²) in [5, 5.41) is 17.0. The van der Waals surface area contributed by atoms with Crippen molar-refractivity contribution in [2.24, 2.45) is 5.92 Å². The molecule has 0 unspecified atom stereocenters. The van der Waals surface area contributed by atoms with E-state index >= 15 is 0 Å². The molecule has 5 rings (SSSR count). The van der Waals surface area contributed by atoms with Crippen molar-refractivity contribution in [3.8, 4) is 5.69 Å². The van der Waals surface area contributed by atoms with Crippen molar-refractivity contribution in [1.29, 1.82) is 0 Å². The Kier molecular flexibility index (Phi) is 6.01. The molecule has 2 amide bonds. The Hall–Kier alpha value is -4.15. The molecule has 0 radical (unpaired) electrons. The van der Waals surface area contributed by atoms with Crippen LogP contribution in [0.3, 0.4) is 0 Å². The highest BCUT2D eigenvalue weighted by Crippen LogP contribution is 2.51. The third-order valence-electron chi connectivity index (χ3n) is 6.76. The first-order valence-electron chi connectivity index (χ1n) is 11.8. The number of likely N-dealkylation sites (N-methyl/N-ethyl adjacent to an activating group) is 1. The molecule has 2 atom stereocenters. The van der Waals surface area contributed by atoms with Gasteiger partial charge in [-0.05, 0) is 56.0 Å². The zero-order valence-corrected chi connectivity index (χ0v) is 19.7. The van der Waals surface area contributed by atoms with Crippen LogP contribution in [-0.4, -0.2) is 45.3 Å². The minimum absolute atomic E-state index is 0.0833. The highest BCUT2D eigenvalue weighted by Gasteiger charge is 2.51. The van der Waals surface area contributed by atoms with Gasteiger partial charge in [-0.3, -0.25) is 14.5 Å². The molecule has 0 saturated heterocycles. The monoisotopic (exact) mass is 512 g/mol. The molecule has 2 aromatic carbocycles. The summed E-state index contributed by atoms with van der Waals surface area (Å²) >= 11 is 0. The molecule has 1 aliphatic heterocycles. The number of anilines is 1. The lowest BCUT2D eigenvalue weighted by Gasteiger charge is -2.38. The third kappa shape index (κ3) is 4.34. The predicted molar refractivity (Wildman–Crippen MR) is 127 cm³/mol. The molecule has 2 aliphatic rings. The number of hydrogen-bond acceptors (Lipinski definition) is 4. The van der Waals surface area contributed by atoms with Crippen molar-refractivity contribution in [3.05, 3.63) is 77.0 Å². The van der Waals surface area contributed by atoms with E-state index in [1.165, 1.54) is 15.6 Å². The van der Waals surface area contributed by atoms with Crippen LogP contribution < -0.4 is 10.2 Å². The van der Waals surface area contributed by atoms with Crippen molar-refractivity contribution < 1.29 is 32.7 Å². The maximum Gasteiger partial charge on any atom is 0.416 e. The van der Waals surface area contributed by atoms with Crippen LogP contribution in [0.25, 0.3) is 5.69 Å². The number of carboxylic acid groups (broad SMARTS) is 1. The van der Waals surface area contributed by atoms with Crippen LogP contribution in [0.1, 0.15) is 57.7 Å². The number of fused-ring (bicyclic) bond motifs is 1. The number of halogens is 3. The van der Waals surface area contributed by atoms with Gasteiger partial charge in [0.15, 0.2) is 5.69 Å². The number of hydrogen-bond donors (Lipinski definition) is 2. The van der Waals surface area contributed by atoms with Crippen LogP contribution in [0.4, 0.5) is 19.0 Å². The van der Waals surface area contributed by atoms with Crippen molar-refractivity contribution in [3.63, 3.8) is 0 Å². The van der Waals surface area contributed by atoms with Gasteiger partial charge in [-0.2, -0.15) is 18.3 Å². The average molecular weight is 512 g/mol. The molecule has 2 N–H and O–H groups in total. The van der Waals surface area contributed by atoms with Crippen molar-refractivity contribution in [2.75, 3.05) is 11.4 Å². The number of rotatable bonds is 6. The Balaban J connectivity index is 1.61. The van der Waals surface area contributed by atoms with E-state index in [4.69, 9.17) is 0 Å². The Morgan fingerprint density at radius 3 is 2.41 bits per heavy atom. The summed E-state index contributed by atoms with van der Waals surface area (Å²) in [5.74, 6) is -3.03. The molecule has 37 heavy (non-hydrogen) atoms. The summed E-state index contributed by atoms with van der Waals surface area (Å²) in [6.45, 7) is 1.88. The van der Waals surface area contributed by atoms with Gasteiger partial charge in [0, 0.05) is 23.6 Å². The molecule has 2 heterocycles. The Labute approximate surface area is 209 Å². The predicted octanol–water partition coefficient (Wildman–Crippen LogP) is 4.25. The number of amides is 2. The van der Waals surface area contributed by atoms with Crippen LogP contribution in [-0.2, 0) is 11.0 Å². The summed E-state index contributed by atoms with van der Waals surface area (Å²) in [5.41, 5.74) is -0.541. The maximum absolute atomic E-state index is 13.8. The first kappa shape index (κ1) is 24.5. The van der Waals surface area contributed by atoms with Crippen molar-refractivity contribution >= 4 is 23.6 Å². The van der Waals surface area contributed by atoms with Gasteiger partial charge in [0.25, 0.3) is 11.8 Å². The number of nitrogens with one attached hydrogen (secondary N) is 1. The largest absolute Gasteiger partial charge is 0.476 e. The molecule has 1 aromatic heterocycles. The number of carbonyl (C=O) groups excluding carboxylic acids is 2. The molecule has 0 spiro atoms. The molecular formula is C26H23F3N4O4. The highest BCUT2D eigenvalue weighted by molar-refractivity contribution is 6.06. The van der Waals surface area contributed by atoms with Gasteiger partial charge >= 0.3 is 12.1 Å².